The van der Waals surface area contributed by atoms with Crippen molar-refractivity contribution in [3.05, 3.63) is 88.3 Å². The summed E-state index contributed by atoms with van der Waals surface area (Å²) in [5, 5.41) is 24.4. The van der Waals surface area contributed by atoms with Gasteiger partial charge in [-0.05, 0) is 86.5 Å². The standard InChI is InChI=1S/C30H21Br2N5O11S3/c1-14(31)28(39)33-17-5-3-4-16(10-17)30(41)35-20-7-9-22-19-12-24(50(44,45)13-49(22,42)43)26(27(38)25(19)20)37-36-21-11-18(34-29(40)15(2)32)6-8-23(21)51(46,47)48/h3-12,38H,1-2,13H2,(H,33,39)(H,34,40)(H,35,41)(H,46,47,48). The molecule has 0 fully saturated rings. The molecule has 0 saturated carbocycles. The number of phenolic OH excluding ortho intramolecular Hbond substituents is 1. The monoisotopic (exact) mass is 881 g/mol. The van der Waals surface area contributed by atoms with Gasteiger partial charge in [0.15, 0.2) is 30.5 Å². The molecule has 0 aliphatic carbocycles. The lowest BCUT2D eigenvalue weighted by Gasteiger charge is -2.14. The lowest BCUT2D eigenvalue weighted by molar-refractivity contribution is -0.112. The van der Waals surface area contributed by atoms with Gasteiger partial charge in [-0.3, -0.25) is 18.9 Å². The topological polar surface area (TPSA) is 255 Å². The smallest absolute Gasteiger partial charge is 0.296 e. The summed E-state index contributed by atoms with van der Waals surface area (Å²) in [5.41, 5.74) is -1.49. The number of nitrogens with zero attached hydrogens (tertiary/aromatic N) is 2. The van der Waals surface area contributed by atoms with Gasteiger partial charge in [0.2, 0.25) is 0 Å². The predicted octanol–water partition coefficient (Wildman–Crippen LogP) is 5.67. The van der Waals surface area contributed by atoms with Crippen molar-refractivity contribution in [3.8, 4) is 5.75 Å². The normalized spacial score (nSPS) is 14.5. The molecule has 3 amide bonds. The second kappa shape index (κ2) is 13.7. The first-order valence-corrected chi connectivity index (χ1v) is 20.1. The Hall–Kier alpha value is -4.80. The fourth-order valence-corrected chi connectivity index (χ4v) is 9.75. The van der Waals surface area contributed by atoms with E-state index in [1.54, 1.807) is 0 Å². The second-order valence-corrected chi connectivity index (χ2v) is 18.1. The molecule has 51 heavy (non-hydrogen) atoms. The van der Waals surface area contributed by atoms with E-state index < -0.39 is 84.4 Å². The average Bonchev–Trinajstić information content (AvgIpc) is 3.10. The predicted molar refractivity (Wildman–Crippen MR) is 193 cm³/mol. The zero-order valence-electron chi connectivity index (χ0n) is 25.3. The fourth-order valence-electron chi connectivity index (χ4n) is 4.80. The van der Waals surface area contributed by atoms with Gasteiger partial charge in [0.05, 0.1) is 29.8 Å². The quantitative estimate of drug-likeness (QED) is 0.0777. The van der Waals surface area contributed by atoms with Gasteiger partial charge in [0, 0.05) is 22.3 Å². The molecule has 5 rings (SSSR count). The van der Waals surface area contributed by atoms with Gasteiger partial charge in [-0.2, -0.15) is 8.42 Å². The van der Waals surface area contributed by atoms with E-state index in [1.807, 2.05) is 0 Å². The van der Waals surface area contributed by atoms with Gasteiger partial charge in [0.1, 0.15) is 16.3 Å². The highest BCUT2D eigenvalue weighted by atomic mass is 79.9. The summed E-state index contributed by atoms with van der Waals surface area (Å²) in [6.07, 6.45) is 0. The van der Waals surface area contributed by atoms with E-state index in [0.717, 1.165) is 36.4 Å². The molecule has 2 bridgehead atoms. The number of hydrogen-bond donors (Lipinski definition) is 5. The van der Waals surface area contributed by atoms with Crippen molar-refractivity contribution in [3.63, 3.8) is 0 Å². The number of hydrogen-bond acceptors (Lipinski definition) is 12. The number of sulfone groups is 2. The number of amides is 3. The van der Waals surface area contributed by atoms with Crippen LogP contribution in [-0.2, 0) is 39.4 Å². The van der Waals surface area contributed by atoms with Crippen molar-refractivity contribution in [1.82, 2.24) is 0 Å². The van der Waals surface area contributed by atoms with Gasteiger partial charge in [0.25, 0.3) is 27.8 Å². The molecule has 4 aromatic carbocycles. The maximum absolute atomic E-state index is 13.4. The van der Waals surface area contributed by atoms with Crippen LogP contribution in [0.5, 0.6) is 5.75 Å². The average molecular weight is 884 g/mol. The summed E-state index contributed by atoms with van der Waals surface area (Å²) in [7, 11) is -14.3. The van der Waals surface area contributed by atoms with E-state index in [-0.39, 0.29) is 42.4 Å². The molecule has 16 nitrogen and oxygen atoms in total. The first kappa shape index (κ1) is 37.5. The van der Waals surface area contributed by atoms with Gasteiger partial charge in [-0.15, -0.1) is 10.2 Å². The van der Waals surface area contributed by atoms with Crippen LogP contribution in [0.4, 0.5) is 28.4 Å². The van der Waals surface area contributed by atoms with E-state index in [9.17, 15) is 49.3 Å². The SMILES string of the molecule is C=C(Br)C(=O)Nc1cccc(C(=O)Nc2ccc3c4cc(c(N=Nc5cc(NC(=O)C(=C)Br)ccc5S(=O)(=O)O)c(O)c24)S(=O)(=O)CS3(=O)=O)c1. The van der Waals surface area contributed by atoms with Gasteiger partial charge < -0.3 is 21.1 Å². The van der Waals surface area contributed by atoms with E-state index in [4.69, 9.17) is 0 Å². The molecule has 0 atom stereocenters. The molecule has 0 saturated heterocycles. The molecule has 1 heterocycles. The third kappa shape index (κ3) is 7.77. The molecule has 264 valence electrons. The van der Waals surface area contributed by atoms with Crippen LogP contribution in [-0.4, -0.2) is 57.7 Å². The molecule has 0 spiro atoms. The number of anilines is 3. The molecule has 0 unspecified atom stereocenters. The number of rotatable bonds is 9. The molecule has 1 aliphatic rings. The first-order chi connectivity index (χ1) is 23.7. The summed E-state index contributed by atoms with van der Waals surface area (Å²) >= 11 is 5.84. The molecule has 5 N–H and O–H groups in total. The first-order valence-electron chi connectivity index (χ1n) is 13.7. The maximum Gasteiger partial charge on any atom is 0.296 e. The molecule has 0 radical (unpaired) electrons. The fraction of sp³-hybridized carbons (Fsp3) is 0.0333. The van der Waals surface area contributed by atoms with Gasteiger partial charge in [-0.25, -0.2) is 16.8 Å². The number of benzene rings is 4. The zero-order chi connectivity index (χ0) is 37.6. The summed E-state index contributed by atoms with van der Waals surface area (Å²) in [4.78, 5) is 35.4. The van der Waals surface area contributed by atoms with Crippen molar-refractivity contribution >= 4 is 119 Å². The summed E-state index contributed by atoms with van der Waals surface area (Å²) < 4.78 is 87.2. The van der Waals surface area contributed by atoms with Crippen LogP contribution >= 0.6 is 31.9 Å². The van der Waals surface area contributed by atoms with Crippen molar-refractivity contribution in [2.75, 3.05) is 21.0 Å². The van der Waals surface area contributed by atoms with Crippen LogP contribution in [0.25, 0.3) is 10.8 Å². The van der Waals surface area contributed by atoms with Crippen LogP contribution in [0, 0.1) is 0 Å². The van der Waals surface area contributed by atoms with Crippen molar-refractivity contribution in [1.29, 1.82) is 0 Å². The number of phenols is 1. The maximum atomic E-state index is 13.4. The summed E-state index contributed by atoms with van der Waals surface area (Å²) in [6, 6.07) is 11.7. The third-order valence-electron chi connectivity index (χ3n) is 7.03. The largest absolute Gasteiger partial charge is 0.505 e. The lowest BCUT2D eigenvalue weighted by Crippen LogP contribution is -2.15. The molecule has 4 aromatic rings. The molecule has 0 aromatic heterocycles. The van der Waals surface area contributed by atoms with Crippen LogP contribution in [0.2, 0.25) is 0 Å². The Morgan fingerprint density at radius 2 is 1.39 bits per heavy atom. The minimum atomic E-state index is -4.99. The van der Waals surface area contributed by atoms with E-state index in [1.165, 1.54) is 24.3 Å². The Morgan fingerprint density at radius 3 is 2.00 bits per heavy atom. The Balaban J connectivity index is 1.69. The van der Waals surface area contributed by atoms with E-state index >= 15 is 0 Å². The highest BCUT2D eigenvalue weighted by molar-refractivity contribution is 9.12. The Kier molecular flexibility index (Phi) is 10.1. The van der Waals surface area contributed by atoms with Crippen LogP contribution in [0.15, 0.2) is 108 Å². The lowest BCUT2D eigenvalue weighted by atomic mass is 10.1. The number of nitrogens with one attached hydrogen (secondary N) is 3. The van der Waals surface area contributed by atoms with Crippen molar-refractivity contribution in [2.24, 2.45) is 10.2 Å². The molecule has 1 aliphatic heterocycles. The Morgan fingerprint density at radius 1 is 0.784 bits per heavy atom. The number of fused-ring (bicyclic) bond motifs is 1. The Bertz CT molecular complexity index is 2630. The minimum absolute atomic E-state index is 0.00828. The van der Waals surface area contributed by atoms with Crippen molar-refractivity contribution < 1.29 is 49.3 Å². The molecular weight excluding hydrogens is 862 g/mol. The number of carbonyl (C=O) groups is 3. The number of halogens is 2. The van der Waals surface area contributed by atoms with E-state index in [0.29, 0.717) is 0 Å². The summed E-state index contributed by atoms with van der Waals surface area (Å²) in [5.74, 6) is -3.07. The zero-order valence-corrected chi connectivity index (χ0v) is 31.0. The van der Waals surface area contributed by atoms with Crippen LogP contribution in [0.1, 0.15) is 10.4 Å². The number of aromatic hydroxyl groups is 1. The van der Waals surface area contributed by atoms with Crippen LogP contribution in [0.3, 0.4) is 0 Å². The Labute approximate surface area is 306 Å². The van der Waals surface area contributed by atoms with Gasteiger partial charge in [-0.1, -0.05) is 19.2 Å². The van der Waals surface area contributed by atoms with E-state index in [2.05, 4.69) is 71.2 Å². The molecular formula is C30H21Br2N5O11S3. The number of carbonyl (C=O) groups excluding carboxylic acids is 3. The number of azo groups is 1. The minimum Gasteiger partial charge on any atom is -0.505 e. The highest BCUT2D eigenvalue weighted by Gasteiger charge is 2.36. The molecule has 21 heteroatoms. The second-order valence-electron chi connectivity index (χ2n) is 10.6. The highest BCUT2D eigenvalue weighted by Crippen LogP contribution is 2.48. The summed E-state index contributed by atoms with van der Waals surface area (Å²) in [6.45, 7) is 6.88. The van der Waals surface area contributed by atoms with Crippen LogP contribution < -0.4 is 16.0 Å². The van der Waals surface area contributed by atoms with Gasteiger partial charge >= 0.3 is 0 Å². The third-order valence-corrected chi connectivity index (χ3v) is 13.1. The van der Waals surface area contributed by atoms with Crippen molar-refractivity contribution in [2.45, 2.75) is 14.7 Å².